The van der Waals surface area contributed by atoms with E-state index in [-0.39, 0.29) is 23.6 Å². The number of aromatic nitrogens is 3. The lowest BCUT2D eigenvalue weighted by Gasteiger charge is -2.27. The van der Waals surface area contributed by atoms with Gasteiger partial charge in [0.15, 0.2) is 0 Å². The molecule has 0 radical (unpaired) electrons. The minimum atomic E-state index is -0.0145. The van der Waals surface area contributed by atoms with Crippen molar-refractivity contribution in [3.63, 3.8) is 0 Å². The first-order valence-electron chi connectivity index (χ1n) is 9.93. The summed E-state index contributed by atoms with van der Waals surface area (Å²) in [5, 5.41) is 4.41. The molecule has 3 aromatic rings. The molecule has 5 rings (SSSR count). The Morgan fingerprint density at radius 3 is 2.93 bits per heavy atom. The Morgan fingerprint density at radius 2 is 2.10 bits per heavy atom. The maximum absolute atomic E-state index is 13.1. The molecule has 8 nitrogen and oxygen atoms in total. The van der Waals surface area contributed by atoms with Crippen molar-refractivity contribution in [1.29, 1.82) is 0 Å². The number of para-hydroxylation sites is 1. The lowest BCUT2D eigenvalue weighted by Crippen LogP contribution is -2.42. The molecule has 1 amide bonds. The van der Waals surface area contributed by atoms with E-state index in [0.717, 1.165) is 24.2 Å². The normalized spacial score (nSPS) is 20.5. The molecule has 8 heteroatoms. The van der Waals surface area contributed by atoms with Crippen molar-refractivity contribution < 1.29 is 14.1 Å². The van der Waals surface area contributed by atoms with Crippen molar-refractivity contribution in [2.45, 2.75) is 50.7 Å². The van der Waals surface area contributed by atoms with E-state index in [1.54, 1.807) is 10.6 Å². The molecule has 2 aliphatic heterocycles. The van der Waals surface area contributed by atoms with E-state index < -0.39 is 0 Å². The van der Waals surface area contributed by atoms with Crippen molar-refractivity contribution in [1.82, 2.24) is 19.6 Å². The first-order valence-corrected chi connectivity index (χ1v) is 9.93. The Morgan fingerprint density at radius 1 is 1.28 bits per heavy atom. The number of hydrogen-bond acceptors (Lipinski definition) is 6. The third kappa shape index (κ3) is 3.08. The van der Waals surface area contributed by atoms with E-state index in [1.165, 1.54) is 7.11 Å². The van der Waals surface area contributed by atoms with Crippen LogP contribution >= 0.6 is 0 Å². The molecule has 0 N–H and O–H groups in total. The van der Waals surface area contributed by atoms with Crippen molar-refractivity contribution in [2.24, 2.45) is 0 Å². The van der Waals surface area contributed by atoms with E-state index in [1.807, 2.05) is 29.2 Å². The first-order chi connectivity index (χ1) is 14.1. The van der Waals surface area contributed by atoms with E-state index in [4.69, 9.17) is 14.2 Å². The summed E-state index contributed by atoms with van der Waals surface area (Å²) < 4.78 is 12.0. The Kier molecular flexibility index (Phi) is 4.34. The molecule has 1 saturated heterocycles. The van der Waals surface area contributed by atoms with Crippen molar-refractivity contribution in [2.75, 3.05) is 7.11 Å². The van der Waals surface area contributed by atoms with Crippen LogP contribution in [0.1, 0.15) is 30.8 Å². The molecule has 2 aliphatic rings. The van der Waals surface area contributed by atoms with Gasteiger partial charge in [-0.15, -0.1) is 0 Å². The molecule has 0 saturated carbocycles. The molecule has 29 heavy (non-hydrogen) atoms. The largest absolute Gasteiger partial charge is 0.479 e. The van der Waals surface area contributed by atoms with Gasteiger partial charge in [-0.2, -0.15) is 0 Å². The second-order valence-electron chi connectivity index (χ2n) is 7.69. The van der Waals surface area contributed by atoms with E-state index in [2.05, 4.69) is 5.16 Å². The quantitative estimate of drug-likeness (QED) is 0.672. The highest BCUT2D eigenvalue weighted by Crippen LogP contribution is 2.31. The summed E-state index contributed by atoms with van der Waals surface area (Å²) in [6.07, 6.45) is 3.27. The highest BCUT2D eigenvalue weighted by atomic mass is 16.5. The van der Waals surface area contributed by atoms with Gasteiger partial charge in [0.2, 0.25) is 5.91 Å². The van der Waals surface area contributed by atoms with Gasteiger partial charge in [0.05, 0.1) is 24.1 Å². The van der Waals surface area contributed by atoms with E-state index in [0.29, 0.717) is 42.8 Å². The summed E-state index contributed by atoms with van der Waals surface area (Å²) in [5.74, 6) is 1.90. The minimum Gasteiger partial charge on any atom is -0.479 e. The van der Waals surface area contributed by atoms with Gasteiger partial charge < -0.3 is 14.2 Å². The van der Waals surface area contributed by atoms with Gasteiger partial charge in [-0.25, -0.2) is 4.98 Å². The van der Waals surface area contributed by atoms with E-state index in [9.17, 15) is 9.59 Å². The average molecular weight is 394 g/mol. The standard InChI is InChI=1S/C21H22N4O4/c1-28-19-11-15(29-23-19)8-9-20(26)25-13-6-7-14(25)12-24-18(10-13)22-17-5-3-2-4-16(17)21(24)27/h2-5,11,13-14H,6-10,12H2,1H3/t13-,14+/m1/s1. The zero-order valence-corrected chi connectivity index (χ0v) is 16.2. The van der Waals surface area contributed by atoms with Crippen LogP contribution in [0, 0.1) is 0 Å². The van der Waals surface area contributed by atoms with Crippen LogP contribution in [0.3, 0.4) is 0 Å². The van der Waals surface area contributed by atoms with Crippen molar-refractivity contribution in [3.05, 3.63) is 52.3 Å². The molecule has 0 unspecified atom stereocenters. The number of ether oxygens (including phenoxy) is 1. The molecule has 2 aromatic heterocycles. The molecule has 2 bridgehead atoms. The van der Waals surface area contributed by atoms with Crippen LogP contribution in [0.5, 0.6) is 5.88 Å². The molecule has 0 aliphatic carbocycles. The second-order valence-corrected chi connectivity index (χ2v) is 7.69. The van der Waals surface area contributed by atoms with Crippen LogP contribution in [-0.4, -0.2) is 44.7 Å². The van der Waals surface area contributed by atoms with Crippen LogP contribution in [0.4, 0.5) is 0 Å². The number of hydrogen-bond donors (Lipinski definition) is 0. The Labute approximate surface area is 167 Å². The predicted molar refractivity (Wildman–Crippen MR) is 105 cm³/mol. The number of amides is 1. The number of carbonyl (C=O) groups is 1. The maximum atomic E-state index is 13.1. The maximum Gasteiger partial charge on any atom is 0.261 e. The topological polar surface area (TPSA) is 90.5 Å². The molecular formula is C21H22N4O4. The van der Waals surface area contributed by atoms with Crippen LogP contribution < -0.4 is 10.3 Å². The lowest BCUT2D eigenvalue weighted by molar-refractivity contribution is -0.134. The highest BCUT2D eigenvalue weighted by molar-refractivity contribution is 5.78. The van der Waals surface area contributed by atoms with Crippen LogP contribution in [0.2, 0.25) is 0 Å². The van der Waals surface area contributed by atoms with Crippen molar-refractivity contribution >= 4 is 16.8 Å². The van der Waals surface area contributed by atoms with E-state index >= 15 is 0 Å². The number of rotatable bonds is 4. The zero-order valence-electron chi connectivity index (χ0n) is 16.2. The van der Waals surface area contributed by atoms with Crippen LogP contribution in [0.15, 0.2) is 39.6 Å². The van der Waals surface area contributed by atoms with Gasteiger partial charge in [0.1, 0.15) is 11.6 Å². The highest BCUT2D eigenvalue weighted by Gasteiger charge is 2.40. The number of fused-ring (bicyclic) bond motifs is 4. The zero-order chi connectivity index (χ0) is 20.0. The number of benzene rings is 1. The lowest BCUT2D eigenvalue weighted by atomic mass is 10.1. The van der Waals surface area contributed by atoms with Gasteiger partial charge in [-0.1, -0.05) is 12.1 Å². The summed E-state index contributed by atoms with van der Waals surface area (Å²) in [5.41, 5.74) is 0.706. The summed E-state index contributed by atoms with van der Waals surface area (Å²) in [4.78, 5) is 32.8. The predicted octanol–water partition coefficient (Wildman–Crippen LogP) is 1.94. The Bertz CT molecular complexity index is 1140. The summed E-state index contributed by atoms with van der Waals surface area (Å²) in [6.45, 7) is 0.504. The SMILES string of the molecule is COc1cc(CCC(=O)N2[C@@H]3CC[C@H]2Cn2c(nc4ccccc4c2=O)C3)on1. The monoisotopic (exact) mass is 394 g/mol. The number of carbonyl (C=O) groups excluding carboxylic acids is 1. The second kappa shape index (κ2) is 7.02. The molecule has 1 fully saturated rings. The third-order valence-corrected chi connectivity index (χ3v) is 5.99. The Balaban J connectivity index is 1.39. The molecule has 2 atom stereocenters. The summed E-state index contributed by atoms with van der Waals surface area (Å²) in [6, 6.07) is 9.25. The smallest absolute Gasteiger partial charge is 0.261 e. The fraction of sp³-hybridized carbons (Fsp3) is 0.429. The number of methoxy groups -OCH3 is 1. The first kappa shape index (κ1) is 17.9. The fourth-order valence-electron chi connectivity index (χ4n) is 4.59. The summed E-state index contributed by atoms with van der Waals surface area (Å²) in [7, 11) is 1.53. The summed E-state index contributed by atoms with van der Waals surface area (Å²) >= 11 is 0. The molecule has 150 valence electrons. The number of nitrogens with zero attached hydrogens (tertiary/aromatic N) is 4. The average Bonchev–Trinajstić information content (AvgIpc) is 3.31. The number of aryl methyl sites for hydroxylation is 1. The fourth-order valence-corrected chi connectivity index (χ4v) is 4.59. The molecular weight excluding hydrogens is 372 g/mol. The van der Waals surface area contributed by atoms with Gasteiger partial charge in [-0.05, 0) is 30.1 Å². The third-order valence-electron chi connectivity index (χ3n) is 5.99. The minimum absolute atomic E-state index is 0.0145. The Hall–Kier alpha value is -3.16. The van der Waals surface area contributed by atoms with Gasteiger partial charge in [-0.3, -0.25) is 14.2 Å². The molecule has 0 spiro atoms. The van der Waals surface area contributed by atoms with Gasteiger partial charge in [0.25, 0.3) is 11.4 Å². The molecule has 1 aromatic carbocycles. The van der Waals surface area contributed by atoms with Crippen LogP contribution in [-0.2, 0) is 24.2 Å². The molecule has 4 heterocycles. The van der Waals surface area contributed by atoms with Gasteiger partial charge in [0, 0.05) is 37.9 Å². The van der Waals surface area contributed by atoms with Crippen LogP contribution in [0.25, 0.3) is 10.9 Å². The van der Waals surface area contributed by atoms with Crippen molar-refractivity contribution in [3.8, 4) is 5.88 Å². The van der Waals surface area contributed by atoms with Gasteiger partial charge >= 0.3 is 0 Å².